The van der Waals surface area contributed by atoms with E-state index in [9.17, 15) is 13.2 Å². The molecule has 0 aromatic rings. The Balaban J connectivity index is 2.84. The Labute approximate surface area is 79.3 Å². The predicted molar refractivity (Wildman–Crippen MR) is 46.1 cm³/mol. The van der Waals surface area contributed by atoms with Crippen LogP contribution in [0.15, 0.2) is 16.8 Å². The summed E-state index contributed by atoms with van der Waals surface area (Å²) in [5, 5.41) is -0.605. The highest BCUT2D eigenvalue weighted by Gasteiger charge is 2.36. The topological polar surface area (TPSA) is 12.4 Å². The average molecular weight is 212 g/mol. The number of halogens is 4. The Morgan fingerprint density at radius 1 is 1.62 bits per heavy atom. The molecule has 1 heterocycles. The number of hydrogen-bond acceptors (Lipinski definition) is 1. The van der Waals surface area contributed by atoms with E-state index in [-0.39, 0.29) is 6.42 Å². The lowest BCUT2D eigenvalue weighted by molar-refractivity contribution is -0.0940. The molecular weight excluding hydrogens is 203 g/mol. The third-order valence-electron chi connectivity index (χ3n) is 1.87. The first-order valence-corrected chi connectivity index (χ1v) is 4.35. The zero-order valence-electron chi connectivity index (χ0n) is 7.03. The fourth-order valence-electron chi connectivity index (χ4n) is 1.11. The maximum absolute atomic E-state index is 12.1. The van der Waals surface area contributed by atoms with Gasteiger partial charge in [0.1, 0.15) is 0 Å². The Morgan fingerprint density at radius 2 is 2.23 bits per heavy atom. The third kappa shape index (κ3) is 2.46. The Kier molecular flexibility index (Phi) is 3.01. The first-order valence-electron chi connectivity index (χ1n) is 3.92. The summed E-state index contributed by atoms with van der Waals surface area (Å²) in [4.78, 5) is 3.68. The summed E-state index contributed by atoms with van der Waals surface area (Å²) in [6.45, 7) is 1.82. The molecule has 0 aromatic carbocycles. The molecule has 1 aliphatic heterocycles. The minimum absolute atomic E-state index is 0.169. The minimum atomic E-state index is -4.30. The van der Waals surface area contributed by atoms with Crippen LogP contribution in [0.4, 0.5) is 13.2 Å². The fourth-order valence-corrected chi connectivity index (χ4v) is 1.48. The van der Waals surface area contributed by atoms with Gasteiger partial charge in [-0.25, -0.2) is 0 Å². The van der Waals surface area contributed by atoms with Crippen molar-refractivity contribution in [2.24, 2.45) is 4.99 Å². The van der Waals surface area contributed by atoms with Crippen molar-refractivity contribution >= 4 is 17.3 Å². The van der Waals surface area contributed by atoms with Crippen molar-refractivity contribution in [2.75, 3.05) is 0 Å². The SMILES string of the molecule is CCC1=NC=C(C(F)(F)F)CC1Cl. The summed E-state index contributed by atoms with van der Waals surface area (Å²) >= 11 is 5.71. The molecule has 0 saturated heterocycles. The molecule has 1 rings (SSSR count). The molecule has 0 saturated carbocycles. The summed E-state index contributed by atoms with van der Waals surface area (Å²) in [6, 6.07) is 0. The quantitative estimate of drug-likeness (QED) is 0.590. The molecule has 0 amide bonds. The van der Waals surface area contributed by atoms with Gasteiger partial charge in [0.2, 0.25) is 0 Å². The normalized spacial score (nSPS) is 23.9. The van der Waals surface area contributed by atoms with Crippen molar-refractivity contribution in [1.82, 2.24) is 0 Å². The molecule has 1 aliphatic rings. The van der Waals surface area contributed by atoms with Gasteiger partial charge < -0.3 is 0 Å². The smallest absolute Gasteiger partial charge is 0.264 e. The molecule has 0 aliphatic carbocycles. The average Bonchev–Trinajstić information content (AvgIpc) is 2.02. The fraction of sp³-hybridized carbons (Fsp3) is 0.625. The molecule has 1 nitrogen and oxygen atoms in total. The monoisotopic (exact) mass is 211 g/mol. The van der Waals surface area contributed by atoms with Gasteiger partial charge in [-0.15, -0.1) is 11.6 Å². The molecule has 0 aromatic heterocycles. The lowest BCUT2D eigenvalue weighted by Gasteiger charge is -2.19. The van der Waals surface area contributed by atoms with Crippen molar-refractivity contribution in [3.8, 4) is 0 Å². The predicted octanol–water partition coefficient (Wildman–Crippen LogP) is 3.29. The molecule has 1 atom stereocenters. The Hall–Kier alpha value is -0.510. The highest BCUT2D eigenvalue weighted by Crippen LogP contribution is 2.33. The third-order valence-corrected chi connectivity index (χ3v) is 2.28. The summed E-state index contributed by atoms with van der Waals surface area (Å²) in [5.74, 6) is 0. The van der Waals surface area contributed by atoms with Crippen molar-refractivity contribution in [2.45, 2.75) is 31.3 Å². The number of hydrogen-bond donors (Lipinski definition) is 0. The largest absolute Gasteiger partial charge is 0.414 e. The van der Waals surface area contributed by atoms with Crippen LogP contribution in [0.2, 0.25) is 0 Å². The van der Waals surface area contributed by atoms with E-state index in [0.717, 1.165) is 6.20 Å². The van der Waals surface area contributed by atoms with E-state index in [4.69, 9.17) is 11.6 Å². The molecule has 0 bridgehead atoms. The van der Waals surface area contributed by atoms with Crippen molar-refractivity contribution in [1.29, 1.82) is 0 Å². The van der Waals surface area contributed by atoms with Crippen LogP contribution in [-0.2, 0) is 0 Å². The first kappa shape index (κ1) is 10.6. The van der Waals surface area contributed by atoms with Gasteiger partial charge in [0.25, 0.3) is 0 Å². The molecule has 5 heteroatoms. The molecule has 0 fully saturated rings. The highest BCUT2D eigenvalue weighted by atomic mass is 35.5. The van der Waals surface area contributed by atoms with Crippen LogP contribution in [0, 0.1) is 0 Å². The number of nitrogens with zero attached hydrogens (tertiary/aromatic N) is 1. The van der Waals surface area contributed by atoms with Gasteiger partial charge in [0.15, 0.2) is 0 Å². The highest BCUT2D eigenvalue weighted by molar-refractivity contribution is 6.32. The van der Waals surface area contributed by atoms with E-state index in [0.29, 0.717) is 12.1 Å². The molecule has 74 valence electrons. The summed E-state index contributed by atoms with van der Waals surface area (Å²) < 4.78 is 36.4. The number of aliphatic imine (C=N–C) groups is 1. The van der Waals surface area contributed by atoms with E-state index in [2.05, 4.69) is 4.99 Å². The van der Waals surface area contributed by atoms with Crippen LogP contribution >= 0.6 is 11.6 Å². The van der Waals surface area contributed by atoms with Crippen LogP contribution in [0.1, 0.15) is 19.8 Å². The molecule has 1 unspecified atom stereocenters. The second-order valence-corrected chi connectivity index (χ2v) is 3.32. The van der Waals surface area contributed by atoms with Gasteiger partial charge in [-0.05, 0) is 6.42 Å². The van der Waals surface area contributed by atoms with E-state index < -0.39 is 17.1 Å². The van der Waals surface area contributed by atoms with Gasteiger partial charge in [-0.2, -0.15) is 13.2 Å². The Morgan fingerprint density at radius 3 is 2.62 bits per heavy atom. The minimum Gasteiger partial charge on any atom is -0.264 e. The summed E-state index contributed by atoms with van der Waals surface area (Å²) in [6.07, 6.45) is -3.00. The summed E-state index contributed by atoms with van der Waals surface area (Å²) in [7, 11) is 0. The van der Waals surface area contributed by atoms with E-state index in [1.165, 1.54) is 0 Å². The second kappa shape index (κ2) is 3.70. The molecule has 0 spiro atoms. The van der Waals surface area contributed by atoms with E-state index in [1.54, 1.807) is 0 Å². The van der Waals surface area contributed by atoms with Crippen molar-refractivity contribution < 1.29 is 13.2 Å². The lowest BCUT2D eigenvalue weighted by Crippen LogP contribution is -2.23. The maximum atomic E-state index is 12.1. The van der Waals surface area contributed by atoms with Crippen LogP contribution < -0.4 is 0 Å². The van der Waals surface area contributed by atoms with Crippen molar-refractivity contribution in [3.05, 3.63) is 11.8 Å². The molecule has 13 heavy (non-hydrogen) atoms. The van der Waals surface area contributed by atoms with Gasteiger partial charge in [0, 0.05) is 18.3 Å². The number of allylic oxidation sites excluding steroid dienone is 1. The van der Waals surface area contributed by atoms with Gasteiger partial charge in [0.05, 0.1) is 11.0 Å². The Bertz CT molecular complexity index is 255. The van der Waals surface area contributed by atoms with Gasteiger partial charge >= 0.3 is 6.18 Å². The van der Waals surface area contributed by atoms with E-state index in [1.807, 2.05) is 6.92 Å². The zero-order valence-corrected chi connectivity index (χ0v) is 7.78. The molecule has 0 radical (unpaired) electrons. The lowest BCUT2D eigenvalue weighted by atomic mass is 10.0. The maximum Gasteiger partial charge on any atom is 0.414 e. The van der Waals surface area contributed by atoms with Crippen LogP contribution in [0.5, 0.6) is 0 Å². The zero-order chi connectivity index (χ0) is 10.1. The molecule has 0 N–H and O–H groups in total. The van der Waals surface area contributed by atoms with Crippen LogP contribution in [0.3, 0.4) is 0 Å². The van der Waals surface area contributed by atoms with Crippen LogP contribution in [0.25, 0.3) is 0 Å². The summed E-state index contributed by atoms with van der Waals surface area (Å²) in [5.41, 5.74) is -0.0284. The van der Waals surface area contributed by atoms with E-state index >= 15 is 0 Å². The number of rotatable bonds is 1. The standard InChI is InChI=1S/C8H9ClF3N/c1-2-7-6(9)3-5(4-13-7)8(10,11)12/h4,6H,2-3H2,1H3. The van der Waals surface area contributed by atoms with Crippen molar-refractivity contribution in [3.63, 3.8) is 0 Å². The van der Waals surface area contributed by atoms with Gasteiger partial charge in [-0.1, -0.05) is 6.92 Å². The van der Waals surface area contributed by atoms with Gasteiger partial charge in [-0.3, -0.25) is 4.99 Å². The first-order chi connectivity index (χ1) is 5.95. The van der Waals surface area contributed by atoms with Crippen LogP contribution in [-0.4, -0.2) is 17.3 Å². The number of alkyl halides is 4. The molecular formula is C8H9ClF3N. The second-order valence-electron chi connectivity index (χ2n) is 2.80.